The normalized spacial score (nSPS) is 22.3. The molecular weight excluding hydrogens is 330 g/mol. The summed E-state index contributed by atoms with van der Waals surface area (Å²) in [5.41, 5.74) is 1.21. The van der Waals surface area contributed by atoms with E-state index < -0.39 is 0 Å². The smallest absolute Gasteiger partial charge is 0.323 e. The fourth-order valence-electron chi connectivity index (χ4n) is 3.76. The van der Waals surface area contributed by atoms with E-state index >= 15 is 0 Å². The number of rotatable bonds is 9. The highest BCUT2D eigenvalue weighted by molar-refractivity contribution is 5.76. The van der Waals surface area contributed by atoms with Crippen molar-refractivity contribution >= 4 is 5.97 Å². The lowest BCUT2D eigenvalue weighted by Gasteiger charge is -2.43. The zero-order valence-electron chi connectivity index (χ0n) is 16.5. The molecule has 1 heterocycles. The average Bonchev–Trinajstić information content (AvgIpc) is 2.67. The monoisotopic (exact) mass is 363 g/mol. The lowest BCUT2D eigenvalue weighted by molar-refractivity contribution is -0.185. The van der Waals surface area contributed by atoms with Crippen molar-refractivity contribution in [3.63, 3.8) is 0 Å². The highest BCUT2D eigenvalue weighted by Gasteiger charge is 2.40. The molecule has 1 fully saturated rings. The molecule has 0 spiro atoms. The van der Waals surface area contributed by atoms with Crippen LogP contribution in [0, 0.1) is 5.92 Å². The summed E-state index contributed by atoms with van der Waals surface area (Å²) in [5.74, 6) is 0.0512. The molecule has 3 atom stereocenters. The molecule has 2 rings (SSSR count). The van der Waals surface area contributed by atoms with Gasteiger partial charge in [-0.15, -0.1) is 0 Å². The summed E-state index contributed by atoms with van der Waals surface area (Å²) in [6, 6.07) is 10.2. The third-order valence-corrected chi connectivity index (χ3v) is 5.07. The summed E-state index contributed by atoms with van der Waals surface area (Å²) in [5, 5.41) is 0. The van der Waals surface area contributed by atoms with Crippen molar-refractivity contribution < 1.29 is 19.0 Å². The molecule has 146 valence electrons. The lowest BCUT2D eigenvalue weighted by Crippen LogP contribution is -2.51. The molecule has 1 aromatic carbocycles. The Balaban J connectivity index is 2.17. The molecule has 0 saturated carbocycles. The van der Waals surface area contributed by atoms with Gasteiger partial charge in [-0.3, -0.25) is 9.69 Å². The molecule has 0 N–H and O–H groups in total. The molecule has 5 nitrogen and oxygen atoms in total. The van der Waals surface area contributed by atoms with Gasteiger partial charge in [-0.2, -0.15) is 0 Å². The van der Waals surface area contributed by atoms with E-state index in [1.54, 1.807) is 0 Å². The maximum Gasteiger partial charge on any atom is 0.323 e. The Morgan fingerprint density at radius 2 is 1.77 bits per heavy atom. The number of esters is 1. The van der Waals surface area contributed by atoms with Gasteiger partial charge >= 0.3 is 5.97 Å². The number of likely N-dealkylation sites (tertiary alicyclic amines) is 1. The van der Waals surface area contributed by atoms with Crippen molar-refractivity contribution in [2.75, 3.05) is 26.4 Å². The second kappa shape index (κ2) is 10.7. The van der Waals surface area contributed by atoms with Crippen molar-refractivity contribution in [3.8, 4) is 0 Å². The van der Waals surface area contributed by atoms with Gasteiger partial charge in [0.25, 0.3) is 0 Å². The Kier molecular flexibility index (Phi) is 8.55. The van der Waals surface area contributed by atoms with Crippen LogP contribution in [0.5, 0.6) is 0 Å². The van der Waals surface area contributed by atoms with E-state index in [-0.39, 0.29) is 30.3 Å². The van der Waals surface area contributed by atoms with Crippen LogP contribution in [0.4, 0.5) is 0 Å². The highest BCUT2D eigenvalue weighted by Crippen LogP contribution is 2.34. The molecule has 26 heavy (non-hydrogen) atoms. The Bertz CT molecular complexity index is 530. The standard InChI is InChI=1S/C21H33NO4/c1-5-24-20(23)19-15-18(21(25-6-2)26-7-3)13-14-22(19)16(4)17-11-9-8-10-12-17/h8-12,16,18-19,21H,5-7,13-15H2,1-4H3. The van der Waals surface area contributed by atoms with Gasteiger partial charge in [0.05, 0.1) is 6.61 Å². The SMILES string of the molecule is CCOC(=O)C1CC(C(OCC)OCC)CCN1C(C)c1ccccc1. The van der Waals surface area contributed by atoms with Crippen molar-refractivity contribution in [2.45, 2.75) is 58.9 Å². The predicted molar refractivity (Wildman–Crippen MR) is 102 cm³/mol. The number of hydrogen-bond donors (Lipinski definition) is 0. The van der Waals surface area contributed by atoms with Gasteiger partial charge < -0.3 is 14.2 Å². The summed E-state index contributed by atoms with van der Waals surface area (Å²) in [6.07, 6.45) is 1.38. The van der Waals surface area contributed by atoms with Crippen molar-refractivity contribution in [1.29, 1.82) is 0 Å². The van der Waals surface area contributed by atoms with E-state index in [0.29, 0.717) is 26.2 Å². The molecule has 0 bridgehead atoms. The third kappa shape index (κ3) is 5.29. The maximum atomic E-state index is 12.7. The van der Waals surface area contributed by atoms with Crippen LogP contribution in [-0.4, -0.2) is 49.6 Å². The summed E-state index contributed by atoms with van der Waals surface area (Å²) in [6.45, 7) is 10.4. The second-order valence-electron chi connectivity index (χ2n) is 6.66. The van der Waals surface area contributed by atoms with Crippen molar-refractivity contribution in [1.82, 2.24) is 4.90 Å². The first-order chi connectivity index (χ1) is 12.6. The Hall–Kier alpha value is -1.43. The number of benzene rings is 1. The Labute approximate surface area is 157 Å². The molecule has 1 saturated heterocycles. The van der Waals surface area contributed by atoms with Crippen LogP contribution >= 0.6 is 0 Å². The highest BCUT2D eigenvalue weighted by atomic mass is 16.7. The van der Waals surface area contributed by atoms with Crippen molar-refractivity contribution in [2.24, 2.45) is 5.92 Å². The Morgan fingerprint density at radius 1 is 1.12 bits per heavy atom. The van der Waals surface area contributed by atoms with Crippen LogP contribution in [0.1, 0.15) is 52.1 Å². The van der Waals surface area contributed by atoms with Gasteiger partial charge in [0.1, 0.15) is 6.04 Å². The number of ether oxygens (including phenoxy) is 3. The predicted octanol–water partition coefficient (Wildman–Crippen LogP) is 3.79. The molecular formula is C21H33NO4. The van der Waals surface area contributed by atoms with Gasteiger partial charge in [0.15, 0.2) is 6.29 Å². The summed E-state index contributed by atoms with van der Waals surface area (Å²) >= 11 is 0. The number of nitrogens with zero attached hydrogens (tertiary/aromatic N) is 1. The first kappa shape index (κ1) is 20.9. The molecule has 0 aromatic heterocycles. The number of carbonyl (C=O) groups excluding carboxylic acids is 1. The van der Waals surface area contributed by atoms with Gasteiger partial charge in [-0.1, -0.05) is 30.3 Å². The Morgan fingerprint density at radius 3 is 2.35 bits per heavy atom. The largest absolute Gasteiger partial charge is 0.465 e. The van der Waals surface area contributed by atoms with E-state index in [4.69, 9.17) is 14.2 Å². The van der Waals surface area contributed by atoms with Crippen LogP contribution in [0.15, 0.2) is 30.3 Å². The van der Waals surface area contributed by atoms with Gasteiger partial charge in [0, 0.05) is 31.7 Å². The van der Waals surface area contributed by atoms with Gasteiger partial charge in [-0.25, -0.2) is 0 Å². The molecule has 1 aromatic rings. The zero-order valence-corrected chi connectivity index (χ0v) is 16.5. The quantitative estimate of drug-likeness (QED) is 0.493. The van der Waals surface area contributed by atoms with Crippen LogP contribution in [0.25, 0.3) is 0 Å². The molecule has 1 aliphatic rings. The first-order valence-electron chi connectivity index (χ1n) is 9.82. The molecule has 3 unspecified atom stereocenters. The van der Waals surface area contributed by atoms with Gasteiger partial charge in [0.2, 0.25) is 0 Å². The number of piperidine rings is 1. The zero-order chi connectivity index (χ0) is 18.9. The molecule has 0 radical (unpaired) electrons. The van der Waals surface area contributed by atoms with Crippen LogP contribution in [-0.2, 0) is 19.0 Å². The minimum absolute atomic E-state index is 0.147. The van der Waals surface area contributed by atoms with Gasteiger partial charge in [-0.05, 0) is 46.1 Å². The van der Waals surface area contributed by atoms with E-state index in [1.165, 1.54) is 5.56 Å². The minimum Gasteiger partial charge on any atom is -0.465 e. The molecule has 5 heteroatoms. The minimum atomic E-state index is -0.271. The molecule has 0 aliphatic carbocycles. The molecule has 1 aliphatic heterocycles. The van der Waals surface area contributed by atoms with E-state index in [1.807, 2.05) is 39.0 Å². The summed E-state index contributed by atoms with van der Waals surface area (Å²) in [7, 11) is 0. The van der Waals surface area contributed by atoms with Crippen LogP contribution in [0.2, 0.25) is 0 Å². The number of carbonyl (C=O) groups is 1. The second-order valence-corrected chi connectivity index (χ2v) is 6.66. The maximum absolute atomic E-state index is 12.7. The van der Waals surface area contributed by atoms with E-state index in [9.17, 15) is 4.79 Å². The fourth-order valence-corrected chi connectivity index (χ4v) is 3.76. The number of hydrogen-bond acceptors (Lipinski definition) is 5. The fraction of sp³-hybridized carbons (Fsp3) is 0.667. The third-order valence-electron chi connectivity index (χ3n) is 5.07. The van der Waals surface area contributed by atoms with E-state index in [0.717, 1.165) is 13.0 Å². The van der Waals surface area contributed by atoms with Crippen molar-refractivity contribution in [3.05, 3.63) is 35.9 Å². The summed E-state index contributed by atoms with van der Waals surface area (Å²) in [4.78, 5) is 14.9. The lowest BCUT2D eigenvalue weighted by atomic mass is 9.88. The first-order valence-corrected chi connectivity index (χ1v) is 9.82. The van der Waals surface area contributed by atoms with Crippen LogP contribution < -0.4 is 0 Å². The van der Waals surface area contributed by atoms with E-state index in [2.05, 4.69) is 24.0 Å². The summed E-state index contributed by atoms with van der Waals surface area (Å²) < 4.78 is 17.0. The van der Waals surface area contributed by atoms with Crippen LogP contribution in [0.3, 0.4) is 0 Å². The topological polar surface area (TPSA) is 48.0 Å². The molecule has 0 amide bonds. The average molecular weight is 363 g/mol.